The number of nitrogens with two attached hydrogens (primary N) is 1. The monoisotopic (exact) mass is 509 g/mol. The van der Waals surface area contributed by atoms with E-state index in [2.05, 4.69) is 27.4 Å². The van der Waals surface area contributed by atoms with Crippen LogP contribution in [-0.4, -0.2) is 52.5 Å². The summed E-state index contributed by atoms with van der Waals surface area (Å²) in [6.07, 6.45) is 3.67. The number of piperidine rings is 1. The highest BCUT2D eigenvalue weighted by Gasteiger charge is 2.14. The largest absolute Gasteiger partial charge is 0.356 e. The first-order valence-corrected chi connectivity index (χ1v) is 10.7. The van der Waals surface area contributed by atoms with Crippen molar-refractivity contribution in [1.29, 1.82) is 0 Å². The Balaban J connectivity index is 0.00000364. The fourth-order valence-electron chi connectivity index (χ4n) is 3.03. The van der Waals surface area contributed by atoms with Gasteiger partial charge < -0.3 is 15.5 Å². The number of likely N-dealkylation sites (tertiary alicyclic amines) is 1. The smallest absolute Gasteiger partial charge is 0.238 e. The zero-order chi connectivity index (χ0) is 19.0. The number of sulfonamides is 1. The summed E-state index contributed by atoms with van der Waals surface area (Å²) in [4.78, 5) is 6.85. The first kappa shape index (κ1) is 24.1. The first-order chi connectivity index (χ1) is 12.4. The number of nitrogens with one attached hydrogen (secondary N) is 2. The van der Waals surface area contributed by atoms with Gasteiger partial charge in [0.05, 0.1) is 4.90 Å². The van der Waals surface area contributed by atoms with Gasteiger partial charge in [0.1, 0.15) is 0 Å². The summed E-state index contributed by atoms with van der Waals surface area (Å²) in [5, 5.41) is 11.7. The third kappa shape index (κ3) is 8.75. The van der Waals surface area contributed by atoms with Crippen LogP contribution >= 0.6 is 24.0 Å². The molecule has 4 N–H and O–H groups in total. The molecule has 0 bridgehead atoms. The molecule has 0 saturated carbocycles. The Morgan fingerprint density at radius 2 is 2.00 bits per heavy atom. The van der Waals surface area contributed by atoms with Crippen LogP contribution < -0.4 is 15.8 Å². The van der Waals surface area contributed by atoms with Crippen molar-refractivity contribution < 1.29 is 8.42 Å². The van der Waals surface area contributed by atoms with E-state index in [1.165, 1.54) is 32.0 Å². The van der Waals surface area contributed by atoms with E-state index >= 15 is 0 Å². The van der Waals surface area contributed by atoms with Gasteiger partial charge in [0.2, 0.25) is 10.0 Å². The number of nitrogens with zero attached hydrogens (tertiary/aromatic N) is 2. The predicted octanol–water partition coefficient (Wildman–Crippen LogP) is 1.74. The number of primary sulfonamides is 1. The molecule has 0 radical (unpaired) electrons. The fraction of sp³-hybridized carbons (Fsp3) is 0.611. The SMILES string of the molecule is CN=C(NCCCN1CCC(C)CC1)NCc1cccc(S(N)(=O)=O)c1.I. The van der Waals surface area contributed by atoms with Crippen LogP contribution in [0, 0.1) is 5.92 Å². The van der Waals surface area contributed by atoms with Crippen LogP contribution in [0.3, 0.4) is 0 Å². The van der Waals surface area contributed by atoms with Gasteiger partial charge in [0, 0.05) is 20.1 Å². The van der Waals surface area contributed by atoms with Crippen LogP contribution in [0.5, 0.6) is 0 Å². The quantitative estimate of drug-likeness (QED) is 0.225. The highest BCUT2D eigenvalue weighted by molar-refractivity contribution is 14.0. The van der Waals surface area contributed by atoms with Crippen LogP contribution in [0.4, 0.5) is 0 Å². The first-order valence-electron chi connectivity index (χ1n) is 9.17. The Morgan fingerprint density at radius 3 is 2.63 bits per heavy atom. The van der Waals surface area contributed by atoms with Gasteiger partial charge in [-0.3, -0.25) is 4.99 Å². The minimum absolute atomic E-state index is 0. The van der Waals surface area contributed by atoms with Gasteiger partial charge in [-0.2, -0.15) is 0 Å². The second kappa shape index (κ2) is 11.8. The van der Waals surface area contributed by atoms with Crippen LogP contribution in [0.15, 0.2) is 34.2 Å². The molecule has 1 aliphatic rings. The molecule has 2 rings (SSSR count). The Morgan fingerprint density at radius 1 is 1.30 bits per heavy atom. The molecular weight excluding hydrogens is 477 g/mol. The summed E-state index contributed by atoms with van der Waals surface area (Å²) >= 11 is 0. The third-order valence-corrected chi connectivity index (χ3v) is 5.64. The Bertz CT molecular complexity index is 703. The maximum absolute atomic E-state index is 11.4. The summed E-state index contributed by atoms with van der Waals surface area (Å²) in [6, 6.07) is 6.61. The Kier molecular flexibility index (Phi) is 10.6. The molecule has 27 heavy (non-hydrogen) atoms. The molecule has 1 aromatic rings. The fourth-order valence-corrected chi connectivity index (χ4v) is 3.62. The van der Waals surface area contributed by atoms with Crippen molar-refractivity contribution in [2.75, 3.05) is 33.2 Å². The molecule has 1 aromatic carbocycles. The van der Waals surface area contributed by atoms with Crippen molar-refractivity contribution in [1.82, 2.24) is 15.5 Å². The van der Waals surface area contributed by atoms with Gasteiger partial charge in [-0.15, -0.1) is 24.0 Å². The molecule has 0 amide bonds. The van der Waals surface area contributed by atoms with Gasteiger partial charge >= 0.3 is 0 Å². The van der Waals surface area contributed by atoms with Gasteiger partial charge in [-0.1, -0.05) is 19.1 Å². The highest BCUT2D eigenvalue weighted by Crippen LogP contribution is 2.15. The number of rotatable bonds is 7. The lowest BCUT2D eigenvalue weighted by atomic mass is 9.99. The molecule has 0 unspecified atom stereocenters. The number of benzene rings is 1. The zero-order valence-electron chi connectivity index (χ0n) is 16.1. The van der Waals surface area contributed by atoms with Gasteiger partial charge in [0.15, 0.2) is 5.96 Å². The molecule has 154 valence electrons. The van der Waals surface area contributed by atoms with E-state index in [0.29, 0.717) is 12.5 Å². The normalized spacial score (nSPS) is 16.6. The van der Waals surface area contributed by atoms with Crippen molar-refractivity contribution >= 4 is 40.0 Å². The van der Waals surface area contributed by atoms with E-state index in [-0.39, 0.29) is 28.9 Å². The summed E-state index contributed by atoms with van der Waals surface area (Å²) < 4.78 is 22.8. The maximum Gasteiger partial charge on any atom is 0.238 e. The lowest BCUT2D eigenvalue weighted by Gasteiger charge is -2.30. The summed E-state index contributed by atoms with van der Waals surface area (Å²) in [7, 11) is -1.96. The zero-order valence-corrected chi connectivity index (χ0v) is 19.3. The van der Waals surface area contributed by atoms with E-state index in [1.807, 2.05) is 6.07 Å². The van der Waals surface area contributed by atoms with Gasteiger partial charge in [0.25, 0.3) is 0 Å². The van der Waals surface area contributed by atoms with Crippen molar-refractivity contribution in [3.63, 3.8) is 0 Å². The Hall–Kier alpha value is -0.910. The number of aliphatic imine (C=N–C) groups is 1. The number of hydrogen-bond donors (Lipinski definition) is 3. The van der Waals surface area contributed by atoms with E-state index in [4.69, 9.17) is 5.14 Å². The van der Waals surface area contributed by atoms with Crippen molar-refractivity contribution in [2.45, 2.75) is 37.6 Å². The predicted molar refractivity (Wildman–Crippen MR) is 121 cm³/mol. The molecule has 0 atom stereocenters. The van der Waals surface area contributed by atoms with Crippen LogP contribution in [0.25, 0.3) is 0 Å². The third-order valence-electron chi connectivity index (χ3n) is 4.73. The minimum atomic E-state index is -3.68. The molecule has 0 aliphatic carbocycles. The van der Waals surface area contributed by atoms with E-state index < -0.39 is 10.0 Å². The molecule has 0 aromatic heterocycles. The number of halogens is 1. The van der Waals surface area contributed by atoms with Crippen molar-refractivity contribution in [2.24, 2.45) is 16.0 Å². The summed E-state index contributed by atoms with van der Waals surface area (Å²) in [6.45, 7) is 7.17. The highest BCUT2D eigenvalue weighted by atomic mass is 127. The summed E-state index contributed by atoms with van der Waals surface area (Å²) in [5.41, 5.74) is 0.835. The number of hydrogen-bond acceptors (Lipinski definition) is 4. The van der Waals surface area contributed by atoms with Crippen LogP contribution in [0.1, 0.15) is 31.7 Å². The molecule has 0 spiro atoms. The average molecular weight is 509 g/mol. The molecule has 1 aliphatic heterocycles. The van der Waals surface area contributed by atoms with Gasteiger partial charge in [-0.25, -0.2) is 13.6 Å². The molecule has 1 heterocycles. The molecule has 1 saturated heterocycles. The topological polar surface area (TPSA) is 99.8 Å². The van der Waals surface area contributed by atoms with Crippen LogP contribution in [-0.2, 0) is 16.6 Å². The standard InChI is InChI=1S/C18H31N5O2S.HI/c1-15-7-11-23(12-8-15)10-4-9-21-18(20-2)22-14-16-5-3-6-17(13-16)26(19,24)25;/h3,5-6,13,15H,4,7-12,14H2,1-2H3,(H2,19,24,25)(H2,20,21,22);1H. The molecule has 7 nitrogen and oxygen atoms in total. The molecular formula is C18H32IN5O2S. The lowest BCUT2D eigenvalue weighted by Crippen LogP contribution is -2.39. The average Bonchev–Trinajstić information content (AvgIpc) is 2.62. The molecule has 1 fully saturated rings. The van der Waals surface area contributed by atoms with Crippen LogP contribution in [0.2, 0.25) is 0 Å². The second-order valence-electron chi connectivity index (χ2n) is 6.92. The van der Waals surface area contributed by atoms with Gasteiger partial charge in [-0.05, 0) is 62.5 Å². The minimum Gasteiger partial charge on any atom is -0.356 e. The number of guanidine groups is 1. The van der Waals surface area contributed by atoms with E-state index in [0.717, 1.165) is 31.0 Å². The Labute approximate surface area is 180 Å². The second-order valence-corrected chi connectivity index (χ2v) is 8.48. The molecule has 9 heteroatoms. The van der Waals surface area contributed by atoms with Crippen molar-refractivity contribution in [3.8, 4) is 0 Å². The lowest BCUT2D eigenvalue weighted by molar-refractivity contribution is 0.191. The van der Waals surface area contributed by atoms with E-state index in [9.17, 15) is 8.42 Å². The summed E-state index contributed by atoms with van der Waals surface area (Å²) in [5.74, 6) is 1.57. The van der Waals surface area contributed by atoms with E-state index in [1.54, 1.807) is 19.2 Å². The van der Waals surface area contributed by atoms with Crippen molar-refractivity contribution in [3.05, 3.63) is 29.8 Å². The maximum atomic E-state index is 11.4.